The van der Waals surface area contributed by atoms with Crippen molar-refractivity contribution < 1.29 is 39.9 Å². The van der Waals surface area contributed by atoms with E-state index in [9.17, 15) is 0 Å². The summed E-state index contributed by atoms with van der Waals surface area (Å²) in [6, 6.07) is 0. The van der Waals surface area contributed by atoms with E-state index in [2.05, 4.69) is 47.3 Å². The Morgan fingerprint density at radius 3 is 0.650 bits per heavy atom. The van der Waals surface area contributed by atoms with Gasteiger partial charge in [0.15, 0.2) is 0 Å². The fourth-order valence-electron chi connectivity index (χ4n) is 0. The molecule has 0 unspecified atom stereocenters. The molecule has 124 valence electrons. The van der Waals surface area contributed by atoms with Gasteiger partial charge in [0, 0.05) is 0 Å². The molecule has 1 amide bonds. The lowest BCUT2D eigenvalue weighted by molar-refractivity contribution is 0.135. The van der Waals surface area contributed by atoms with Crippen LogP contribution in [0.15, 0.2) is 0 Å². The Morgan fingerprint density at radius 1 is 0.650 bits per heavy atom. The predicted molar refractivity (Wildman–Crippen MR) is 74.5 cm³/mol. The summed E-state index contributed by atoms with van der Waals surface area (Å²) in [7, 11) is 0. The number of hydrogen-bond donors (Lipinski definition) is 6. The van der Waals surface area contributed by atoms with Crippen molar-refractivity contribution in [3.8, 4) is 0 Å². The second-order valence-corrected chi connectivity index (χ2v) is 4.37. The maximum absolute atomic E-state index is 8.78. The molecule has 0 aromatic carbocycles. The van der Waals surface area contributed by atoms with Crippen LogP contribution in [-0.4, -0.2) is 43.9 Å². The van der Waals surface area contributed by atoms with Crippen LogP contribution in [0, 0.1) is 11.8 Å². The number of carboxylic acid groups (broad SMARTS) is 5. The van der Waals surface area contributed by atoms with Gasteiger partial charge >= 0.3 is 18.4 Å². The molecule has 0 saturated carbocycles. The first-order chi connectivity index (χ1) is 8.66. The highest BCUT2D eigenvalue weighted by atomic mass is 16.6. The molecular weight excluding hydrogens is 274 g/mol. The molecule has 0 spiro atoms. The van der Waals surface area contributed by atoms with E-state index in [1.54, 1.807) is 0 Å². The minimum absolute atomic E-state index is 0.833. The fraction of sp³-hybridized carbons (Fsp3) is 0.727. The highest BCUT2D eigenvalue weighted by Crippen LogP contribution is 1.81. The molecule has 0 saturated heterocycles. The topological polar surface area (TPSA) is 178 Å². The Balaban J connectivity index is -0.0000000469. The first kappa shape index (κ1) is 30.7. The van der Waals surface area contributed by atoms with Crippen LogP contribution < -0.4 is 5.73 Å². The second kappa shape index (κ2) is 25.6. The first-order valence-corrected chi connectivity index (χ1v) is 5.48. The molecule has 20 heavy (non-hydrogen) atoms. The monoisotopic (exact) mass is 301 g/mol. The largest absolute Gasteiger partial charge is 0.503 e. The molecule has 9 heteroatoms. The SMILES string of the molecule is CC(C)C.CC(C)C.NC(=O)O.O=C(O)O.O=C(O)O. The molecule has 0 aromatic heterocycles. The van der Waals surface area contributed by atoms with Crippen LogP contribution in [0.1, 0.15) is 41.5 Å². The summed E-state index contributed by atoms with van der Waals surface area (Å²) in [6.45, 7) is 13.0. The van der Waals surface area contributed by atoms with Crippen molar-refractivity contribution in [2.24, 2.45) is 17.6 Å². The number of carbonyl (C=O) groups is 3. The average Bonchev–Trinajstić information content (AvgIpc) is 1.94. The van der Waals surface area contributed by atoms with E-state index in [-0.39, 0.29) is 0 Å². The summed E-state index contributed by atoms with van der Waals surface area (Å²) in [5, 5.41) is 35.1. The summed E-state index contributed by atoms with van der Waals surface area (Å²) in [6.07, 6.45) is -5.00. The zero-order valence-electron chi connectivity index (χ0n) is 12.7. The van der Waals surface area contributed by atoms with Crippen molar-refractivity contribution in [3.63, 3.8) is 0 Å². The molecule has 0 aromatic rings. The van der Waals surface area contributed by atoms with Gasteiger partial charge in [0.1, 0.15) is 0 Å². The van der Waals surface area contributed by atoms with E-state index in [0.717, 1.165) is 11.8 Å². The van der Waals surface area contributed by atoms with Gasteiger partial charge in [-0.2, -0.15) is 0 Å². The molecule has 0 heterocycles. The Kier molecular flexibility index (Phi) is 39.3. The van der Waals surface area contributed by atoms with Crippen molar-refractivity contribution in [2.45, 2.75) is 41.5 Å². The summed E-state index contributed by atoms with van der Waals surface area (Å²) in [4.78, 5) is 25.9. The lowest BCUT2D eigenvalue weighted by Gasteiger charge is -1.79. The number of hydrogen-bond acceptors (Lipinski definition) is 3. The molecule has 0 aliphatic rings. The first-order valence-electron chi connectivity index (χ1n) is 5.48. The van der Waals surface area contributed by atoms with Crippen LogP contribution in [0.25, 0.3) is 0 Å². The van der Waals surface area contributed by atoms with E-state index in [0.29, 0.717) is 0 Å². The number of rotatable bonds is 0. The van der Waals surface area contributed by atoms with Gasteiger partial charge in [-0.3, -0.25) is 0 Å². The van der Waals surface area contributed by atoms with Crippen LogP contribution in [-0.2, 0) is 0 Å². The standard InChI is InChI=1S/2C4H10.CH3NO2.2CH2O3/c2*1-4(2)3;3*2-1(3)4/h2*4H,1-3H3;2H2,(H,3,4);2*(H2,2,3,4). The zero-order chi connectivity index (χ0) is 17.9. The van der Waals surface area contributed by atoms with Gasteiger partial charge in [0.05, 0.1) is 0 Å². The molecular formula is C11H27NO8. The lowest BCUT2D eigenvalue weighted by Crippen LogP contribution is -2.03. The molecule has 0 aliphatic carbocycles. The van der Waals surface area contributed by atoms with Gasteiger partial charge in [-0.05, 0) is 11.8 Å². The fourth-order valence-corrected chi connectivity index (χ4v) is 0. The molecule has 0 radical (unpaired) electrons. The van der Waals surface area contributed by atoms with Crippen LogP contribution in [0.4, 0.5) is 14.4 Å². The highest BCUT2D eigenvalue weighted by Gasteiger charge is 1.70. The molecule has 7 N–H and O–H groups in total. The maximum atomic E-state index is 8.78. The summed E-state index contributed by atoms with van der Waals surface area (Å²) >= 11 is 0. The molecule has 0 bridgehead atoms. The van der Waals surface area contributed by atoms with Crippen molar-refractivity contribution >= 4 is 18.4 Å². The van der Waals surface area contributed by atoms with E-state index in [1.165, 1.54) is 0 Å². The normalized spacial score (nSPS) is 7.20. The minimum atomic E-state index is -1.83. The van der Waals surface area contributed by atoms with Gasteiger partial charge in [-0.15, -0.1) is 0 Å². The molecule has 9 nitrogen and oxygen atoms in total. The Labute approximate surface area is 118 Å². The van der Waals surface area contributed by atoms with Crippen LogP contribution >= 0.6 is 0 Å². The smallest absolute Gasteiger partial charge is 0.465 e. The van der Waals surface area contributed by atoms with E-state index < -0.39 is 18.4 Å². The second-order valence-electron chi connectivity index (χ2n) is 4.37. The number of primary amides is 1. The van der Waals surface area contributed by atoms with Gasteiger partial charge in [0.25, 0.3) is 0 Å². The minimum Gasteiger partial charge on any atom is -0.465 e. The van der Waals surface area contributed by atoms with E-state index in [4.69, 9.17) is 39.9 Å². The third-order valence-electron chi connectivity index (χ3n) is 0. The van der Waals surface area contributed by atoms with Crippen LogP contribution in [0.3, 0.4) is 0 Å². The molecule has 0 aliphatic heterocycles. The van der Waals surface area contributed by atoms with Gasteiger partial charge < -0.3 is 31.3 Å². The predicted octanol–water partition coefficient (Wildman–Crippen LogP) is 3.39. The van der Waals surface area contributed by atoms with Crippen LogP contribution in [0.5, 0.6) is 0 Å². The van der Waals surface area contributed by atoms with E-state index in [1.807, 2.05) is 0 Å². The van der Waals surface area contributed by atoms with Crippen LogP contribution in [0.2, 0.25) is 0 Å². The Hall–Kier alpha value is -2.19. The van der Waals surface area contributed by atoms with Crippen molar-refractivity contribution in [3.05, 3.63) is 0 Å². The Morgan fingerprint density at radius 2 is 0.650 bits per heavy atom. The van der Waals surface area contributed by atoms with Gasteiger partial charge in [-0.1, -0.05) is 41.5 Å². The third-order valence-corrected chi connectivity index (χ3v) is 0. The molecule has 0 atom stereocenters. The molecule has 0 rings (SSSR count). The quantitative estimate of drug-likeness (QED) is 0.394. The van der Waals surface area contributed by atoms with Gasteiger partial charge in [0.2, 0.25) is 0 Å². The number of amides is 1. The Bertz CT molecular complexity index is 176. The van der Waals surface area contributed by atoms with E-state index >= 15 is 0 Å². The highest BCUT2D eigenvalue weighted by molar-refractivity contribution is 5.61. The number of nitrogens with two attached hydrogens (primary N) is 1. The van der Waals surface area contributed by atoms with Crippen molar-refractivity contribution in [1.82, 2.24) is 0 Å². The van der Waals surface area contributed by atoms with Gasteiger partial charge in [-0.25, -0.2) is 14.4 Å². The summed E-state index contributed by atoms with van der Waals surface area (Å²) in [5.74, 6) is 1.67. The maximum Gasteiger partial charge on any atom is 0.503 e. The van der Waals surface area contributed by atoms with Crippen molar-refractivity contribution in [2.75, 3.05) is 0 Å². The average molecular weight is 301 g/mol. The molecule has 0 fully saturated rings. The zero-order valence-corrected chi connectivity index (χ0v) is 12.7. The van der Waals surface area contributed by atoms with Crippen molar-refractivity contribution in [1.29, 1.82) is 0 Å². The third kappa shape index (κ3) is 723. The summed E-state index contributed by atoms with van der Waals surface area (Å²) < 4.78 is 0. The summed E-state index contributed by atoms with van der Waals surface area (Å²) in [5.41, 5.74) is 4.03. The lowest BCUT2D eigenvalue weighted by atomic mass is 10.3.